The van der Waals surface area contributed by atoms with E-state index in [-0.39, 0.29) is 23.9 Å². The number of hydrogen-bond donors (Lipinski definition) is 3. The van der Waals surface area contributed by atoms with Gasteiger partial charge in [-0.1, -0.05) is 18.9 Å². The molecule has 3 rings (SSSR count). The molecule has 148 valence electrons. The summed E-state index contributed by atoms with van der Waals surface area (Å²) in [5, 5.41) is 8.79. The van der Waals surface area contributed by atoms with Gasteiger partial charge in [0.1, 0.15) is 0 Å². The van der Waals surface area contributed by atoms with Crippen LogP contribution in [0.2, 0.25) is 0 Å². The maximum atomic E-state index is 12.4. The van der Waals surface area contributed by atoms with Crippen molar-refractivity contribution in [2.75, 3.05) is 10.6 Å². The first-order valence-electron chi connectivity index (χ1n) is 9.76. The van der Waals surface area contributed by atoms with Crippen LogP contribution in [0.25, 0.3) is 0 Å². The van der Waals surface area contributed by atoms with Gasteiger partial charge in [-0.05, 0) is 44.4 Å². The molecule has 0 spiro atoms. The zero-order valence-corrected chi connectivity index (χ0v) is 16.4. The van der Waals surface area contributed by atoms with Crippen molar-refractivity contribution in [1.29, 1.82) is 0 Å². The zero-order valence-electron chi connectivity index (χ0n) is 16.4. The van der Waals surface area contributed by atoms with E-state index in [1.165, 1.54) is 0 Å². The third kappa shape index (κ3) is 5.28. The molecule has 1 aromatic heterocycles. The Morgan fingerprint density at radius 3 is 2.54 bits per heavy atom. The average Bonchev–Trinajstić information content (AvgIpc) is 3.20. The van der Waals surface area contributed by atoms with E-state index >= 15 is 0 Å². The molecular weight excluding hydrogens is 354 g/mol. The van der Waals surface area contributed by atoms with E-state index in [2.05, 4.69) is 25.9 Å². The number of nitrogens with one attached hydrogen (secondary N) is 3. The Bertz CT molecular complexity index is 819. The molecule has 1 aliphatic rings. The molecule has 1 atom stereocenters. The number of benzene rings is 1. The summed E-state index contributed by atoms with van der Waals surface area (Å²) < 4.78 is 0. The molecule has 1 unspecified atom stereocenters. The molecule has 1 fully saturated rings. The van der Waals surface area contributed by atoms with Crippen LogP contribution in [-0.2, 0) is 11.2 Å². The van der Waals surface area contributed by atoms with E-state index in [0.717, 1.165) is 42.6 Å². The minimum absolute atomic E-state index is 0.0693. The van der Waals surface area contributed by atoms with E-state index in [1.807, 2.05) is 32.0 Å². The van der Waals surface area contributed by atoms with E-state index in [0.29, 0.717) is 12.1 Å². The van der Waals surface area contributed by atoms with Gasteiger partial charge in [0.25, 0.3) is 0 Å². The van der Waals surface area contributed by atoms with Gasteiger partial charge < -0.3 is 16.0 Å². The second-order valence-corrected chi connectivity index (χ2v) is 7.35. The van der Waals surface area contributed by atoms with Crippen molar-refractivity contribution in [1.82, 2.24) is 15.3 Å². The van der Waals surface area contributed by atoms with Crippen LogP contribution in [0.4, 0.5) is 16.2 Å². The molecule has 2 aromatic rings. The van der Waals surface area contributed by atoms with E-state index in [1.54, 1.807) is 18.6 Å². The first kappa shape index (κ1) is 19.8. The molecule has 3 amide bonds. The normalized spacial score (nSPS) is 15.1. The van der Waals surface area contributed by atoms with Gasteiger partial charge in [-0.3, -0.25) is 14.8 Å². The number of urea groups is 1. The Labute approximate surface area is 165 Å². The molecule has 1 saturated carbocycles. The monoisotopic (exact) mass is 381 g/mol. The number of amides is 3. The third-order valence-corrected chi connectivity index (χ3v) is 5.08. The Morgan fingerprint density at radius 2 is 1.86 bits per heavy atom. The number of anilines is 2. The molecule has 28 heavy (non-hydrogen) atoms. The van der Waals surface area contributed by atoms with Gasteiger partial charge in [0.15, 0.2) is 0 Å². The van der Waals surface area contributed by atoms with Gasteiger partial charge in [-0.2, -0.15) is 0 Å². The van der Waals surface area contributed by atoms with Gasteiger partial charge in [-0.25, -0.2) is 4.79 Å². The second kappa shape index (κ2) is 9.30. The quantitative estimate of drug-likeness (QED) is 0.711. The lowest BCUT2D eigenvalue weighted by Crippen LogP contribution is -2.37. The first-order chi connectivity index (χ1) is 13.5. The Balaban J connectivity index is 1.57. The average molecular weight is 381 g/mol. The molecule has 0 bridgehead atoms. The van der Waals surface area contributed by atoms with Crippen molar-refractivity contribution >= 4 is 23.3 Å². The van der Waals surface area contributed by atoms with Crippen LogP contribution >= 0.6 is 0 Å². The largest absolute Gasteiger partial charge is 0.335 e. The Morgan fingerprint density at radius 1 is 1.14 bits per heavy atom. The van der Waals surface area contributed by atoms with Crippen LogP contribution in [-0.4, -0.2) is 27.9 Å². The first-order valence-corrected chi connectivity index (χ1v) is 9.76. The summed E-state index contributed by atoms with van der Waals surface area (Å²) in [6, 6.07) is 5.13. The topological polar surface area (TPSA) is 96.0 Å². The van der Waals surface area contributed by atoms with Crippen LogP contribution in [0.5, 0.6) is 0 Å². The maximum absolute atomic E-state index is 12.4. The molecule has 0 saturated heterocycles. The van der Waals surface area contributed by atoms with Gasteiger partial charge in [-0.15, -0.1) is 0 Å². The fraction of sp³-hybridized carbons (Fsp3) is 0.429. The highest BCUT2D eigenvalue weighted by atomic mass is 16.2. The van der Waals surface area contributed by atoms with Crippen molar-refractivity contribution < 1.29 is 9.59 Å². The molecule has 1 heterocycles. The lowest BCUT2D eigenvalue weighted by molar-refractivity contribution is -0.119. The predicted molar refractivity (Wildman–Crippen MR) is 109 cm³/mol. The van der Waals surface area contributed by atoms with Crippen molar-refractivity contribution in [3.63, 3.8) is 0 Å². The fourth-order valence-electron chi connectivity index (χ4n) is 3.51. The molecule has 7 heteroatoms. The van der Waals surface area contributed by atoms with Crippen LogP contribution in [0.3, 0.4) is 0 Å². The molecule has 3 N–H and O–H groups in total. The summed E-state index contributed by atoms with van der Waals surface area (Å²) in [6.07, 6.45) is 9.68. The van der Waals surface area contributed by atoms with Gasteiger partial charge >= 0.3 is 6.03 Å². The predicted octanol–water partition coefficient (Wildman–Crippen LogP) is 3.67. The Kier molecular flexibility index (Phi) is 6.57. The number of carbonyl (C=O) groups excluding carboxylic acids is 2. The molecule has 0 aliphatic heterocycles. The van der Waals surface area contributed by atoms with Crippen LogP contribution in [0.15, 0.2) is 36.8 Å². The van der Waals surface area contributed by atoms with E-state index < -0.39 is 0 Å². The minimum atomic E-state index is -0.293. The minimum Gasteiger partial charge on any atom is -0.335 e. The molecule has 1 aromatic carbocycles. The number of aromatic nitrogens is 2. The van der Waals surface area contributed by atoms with Gasteiger partial charge in [0, 0.05) is 48.3 Å². The summed E-state index contributed by atoms with van der Waals surface area (Å²) in [5.41, 5.74) is 3.07. The van der Waals surface area contributed by atoms with Gasteiger partial charge in [0.2, 0.25) is 5.91 Å². The molecule has 7 nitrogen and oxygen atoms in total. The summed E-state index contributed by atoms with van der Waals surface area (Å²) >= 11 is 0. The van der Waals surface area contributed by atoms with Crippen molar-refractivity contribution in [3.05, 3.63) is 48.0 Å². The number of rotatable bonds is 6. The van der Waals surface area contributed by atoms with Crippen LogP contribution in [0.1, 0.15) is 43.9 Å². The molecule has 1 aliphatic carbocycles. The maximum Gasteiger partial charge on any atom is 0.319 e. The van der Waals surface area contributed by atoms with Crippen molar-refractivity contribution in [2.45, 2.75) is 52.0 Å². The highest BCUT2D eigenvalue weighted by molar-refractivity contribution is 5.96. The van der Waals surface area contributed by atoms with Crippen molar-refractivity contribution in [3.8, 4) is 0 Å². The van der Waals surface area contributed by atoms with Crippen molar-refractivity contribution in [2.24, 2.45) is 5.92 Å². The molecular formula is C21H27N5O2. The highest BCUT2D eigenvalue weighted by Gasteiger charge is 2.23. The second-order valence-electron chi connectivity index (χ2n) is 7.35. The highest BCUT2D eigenvalue weighted by Crippen LogP contribution is 2.28. The number of nitrogens with zero attached hydrogens (tertiary/aromatic N) is 2. The lowest BCUT2D eigenvalue weighted by Gasteiger charge is -2.17. The van der Waals surface area contributed by atoms with Gasteiger partial charge in [0.05, 0.1) is 5.69 Å². The Hall–Kier alpha value is -2.96. The third-order valence-electron chi connectivity index (χ3n) is 5.08. The molecule has 0 radical (unpaired) electrons. The van der Waals surface area contributed by atoms with E-state index in [4.69, 9.17) is 0 Å². The smallest absolute Gasteiger partial charge is 0.319 e. The summed E-state index contributed by atoms with van der Waals surface area (Å²) in [6.45, 7) is 3.81. The zero-order chi connectivity index (χ0) is 19.9. The fourth-order valence-corrected chi connectivity index (χ4v) is 3.51. The summed E-state index contributed by atoms with van der Waals surface area (Å²) in [5.74, 6) is 0.168. The number of hydrogen-bond acceptors (Lipinski definition) is 4. The summed E-state index contributed by atoms with van der Waals surface area (Å²) in [4.78, 5) is 33.0. The lowest BCUT2D eigenvalue weighted by atomic mass is 10.1. The number of carbonyl (C=O) groups is 2. The van der Waals surface area contributed by atoms with Crippen LogP contribution in [0, 0.1) is 12.8 Å². The van der Waals surface area contributed by atoms with E-state index in [9.17, 15) is 9.59 Å². The summed E-state index contributed by atoms with van der Waals surface area (Å²) in [7, 11) is 0. The SMILES string of the molecule is Cc1c(NC(=O)NC(C)Cc2cnccn2)cccc1NC(=O)C1CCCC1. The standard InChI is InChI=1S/C21H27N5O2/c1-14(12-17-13-22-10-11-23-17)24-21(28)26-19-9-5-8-18(15(19)2)25-20(27)16-6-3-4-7-16/h5,8-11,13-14,16H,3-4,6-7,12H2,1-2H3,(H,25,27)(H2,24,26,28). The van der Waals surface area contributed by atoms with Crippen LogP contribution < -0.4 is 16.0 Å².